The normalized spacial score (nSPS) is 23.4. The van der Waals surface area contributed by atoms with Crippen molar-refractivity contribution in [2.45, 2.75) is 40.0 Å². The molecule has 0 unspecified atom stereocenters. The molecule has 1 atom stereocenters. The molecule has 70 valence electrons. The molecule has 12 heavy (non-hydrogen) atoms. The van der Waals surface area contributed by atoms with E-state index in [1.165, 1.54) is 12.0 Å². The van der Waals surface area contributed by atoms with Crippen molar-refractivity contribution in [1.29, 1.82) is 0 Å². The van der Waals surface area contributed by atoms with Gasteiger partial charge in [0.05, 0.1) is 0 Å². The first-order valence-corrected chi connectivity index (χ1v) is 4.31. The molecule has 1 aliphatic carbocycles. The van der Waals surface area contributed by atoms with E-state index in [0.717, 1.165) is 18.4 Å². The number of ketones is 1. The summed E-state index contributed by atoms with van der Waals surface area (Å²) in [4.78, 5) is 11.4. The van der Waals surface area contributed by atoms with Crippen LogP contribution in [0.1, 0.15) is 40.0 Å². The van der Waals surface area contributed by atoms with Crippen molar-refractivity contribution >= 4 is 19.3 Å². The van der Waals surface area contributed by atoms with Gasteiger partial charge in [0.15, 0.2) is 5.78 Å². The molecular formula is C10H18OS. The average molecular weight is 186 g/mol. The lowest BCUT2D eigenvalue weighted by molar-refractivity contribution is -0.117. The Morgan fingerprint density at radius 1 is 1.42 bits per heavy atom. The minimum atomic E-state index is 0. The van der Waals surface area contributed by atoms with Gasteiger partial charge in [-0.15, -0.1) is 0 Å². The van der Waals surface area contributed by atoms with Crippen LogP contribution < -0.4 is 0 Å². The number of hydrogen-bond donors (Lipinski definition) is 0. The summed E-state index contributed by atoms with van der Waals surface area (Å²) < 4.78 is 0. The maximum Gasteiger partial charge on any atom is 0.159 e. The quantitative estimate of drug-likeness (QED) is 0.532. The fourth-order valence-corrected chi connectivity index (χ4v) is 1.60. The SMILES string of the molecule is CC(C)=C1CC[C@@H](C)CC1=O.S. The van der Waals surface area contributed by atoms with Gasteiger partial charge in [-0.1, -0.05) is 12.5 Å². The second kappa shape index (κ2) is 4.70. The zero-order chi connectivity index (χ0) is 8.43. The molecule has 1 saturated carbocycles. The molecule has 1 rings (SSSR count). The van der Waals surface area contributed by atoms with Crippen molar-refractivity contribution in [3.8, 4) is 0 Å². The van der Waals surface area contributed by atoms with Crippen LogP contribution in [0, 0.1) is 5.92 Å². The Labute approximate surface area is 81.7 Å². The maximum absolute atomic E-state index is 11.4. The summed E-state index contributed by atoms with van der Waals surface area (Å²) in [6.07, 6.45) is 2.95. The van der Waals surface area contributed by atoms with Crippen LogP contribution in [0.15, 0.2) is 11.1 Å². The Morgan fingerprint density at radius 3 is 2.42 bits per heavy atom. The summed E-state index contributed by atoms with van der Waals surface area (Å²) in [5.41, 5.74) is 2.30. The predicted octanol–water partition coefficient (Wildman–Crippen LogP) is 2.82. The molecule has 0 aromatic carbocycles. The molecular weight excluding hydrogens is 168 g/mol. The highest BCUT2D eigenvalue weighted by molar-refractivity contribution is 7.59. The Bertz CT molecular complexity index is 202. The van der Waals surface area contributed by atoms with E-state index >= 15 is 0 Å². The van der Waals surface area contributed by atoms with Crippen LogP contribution in [-0.4, -0.2) is 5.78 Å². The van der Waals surface area contributed by atoms with Crippen LogP contribution in [0.25, 0.3) is 0 Å². The van der Waals surface area contributed by atoms with E-state index in [-0.39, 0.29) is 13.5 Å². The lowest BCUT2D eigenvalue weighted by Gasteiger charge is -2.19. The third kappa shape index (κ3) is 2.67. The van der Waals surface area contributed by atoms with Crippen LogP contribution in [0.3, 0.4) is 0 Å². The summed E-state index contributed by atoms with van der Waals surface area (Å²) >= 11 is 0. The monoisotopic (exact) mass is 186 g/mol. The number of carbonyl (C=O) groups is 1. The Morgan fingerprint density at radius 2 is 2.00 bits per heavy atom. The van der Waals surface area contributed by atoms with Crippen molar-refractivity contribution in [1.82, 2.24) is 0 Å². The fraction of sp³-hybridized carbons (Fsp3) is 0.700. The highest BCUT2D eigenvalue weighted by atomic mass is 32.1. The molecule has 0 N–H and O–H groups in total. The zero-order valence-electron chi connectivity index (χ0n) is 8.11. The fourth-order valence-electron chi connectivity index (χ4n) is 1.60. The maximum atomic E-state index is 11.4. The topological polar surface area (TPSA) is 17.1 Å². The van der Waals surface area contributed by atoms with E-state index in [4.69, 9.17) is 0 Å². The van der Waals surface area contributed by atoms with E-state index in [9.17, 15) is 4.79 Å². The number of carbonyl (C=O) groups excluding carboxylic acids is 1. The summed E-state index contributed by atoms with van der Waals surface area (Å²) in [6.45, 7) is 6.21. The van der Waals surface area contributed by atoms with Gasteiger partial charge in [0.2, 0.25) is 0 Å². The van der Waals surface area contributed by atoms with Crippen molar-refractivity contribution in [2.24, 2.45) is 5.92 Å². The summed E-state index contributed by atoms with van der Waals surface area (Å²) in [6, 6.07) is 0. The average Bonchev–Trinajstić information content (AvgIpc) is 1.85. The first kappa shape index (κ1) is 11.8. The predicted molar refractivity (Wildman–Crippen MR) is 56.8 cm³/mol. The Kier molecular flexibility index (Phi) is 4.61. The van der Waals surface area contributed by atoms with Crippen molar-refractivity contribution < 1.29 is 4.79 Å². The lowest BCUT2D eigenvalue weighted by Crippen LogP contribution is -2.16. The summed E-state index contributed by atoms with van der Waals surface area (Å²) in [5.74, 6) is 0.981. The first-order chi connectivity index (χ1) is 5.11. The van der Waals surface area contributed by atoms with Gasteiger partial charge in [0, 0.05) is 6.42 Å². The van der Waals surface area contributed by atoms with Gasteiger partial charge in [-0.25, -0.2) is 0 Å². The van der Waals surface area contributed by atoms with Gasteiger partial charge < -0.3 is 0 Å². The number of Topliss-reactive ketones (excluding diaryl/α,β-unsaturated/α-hetero) is 1. The second-order valence-electron chi connectivity index (χ2n) is 3.75. The third-order valence-electron chi connectivity index (χ3n) is 2.36. The highest BCUT2D eigenvalue weighted by Crippen LogP contribution is 2.26. The number of hydrogen-bond acceptors (Lipinski definition) is 1. The molecule has 0 saturated heterocycles. The first-order valence-electron chi connectivity index (χ1n) is 4.31. The van der Waals surface area contributed by atoms with Crippen LogP contribution in [0.4, 0.5) is 0 Å². The van der Waals surface area contributed by atoms with Gasteiger partial charge >= 0.3 is 0 Å². The molecule has 1 fully saturated rings. The van der Waals surface area contributed by atoms with E-state index < -0.39 is 0 Å². The minimum absolute atomic E-state index is 0. The second-order valence-corrected chi connectivity index (χ2v) is 3.75. The van der Waals surface area contributed by atoms with E-state index in [0.29, 0.717) is 11.7 Å². The van der Waals surface area contributed by atoms with Gasteiger partial charge in [-0.05, 0) is 38.2 Å². The summed E-state index contributed by atoms with van der Waals surface area (Å²) in [7, 11) is 0. The largest absolute Gasteiger partial charge is 0.295 e. The molecule has 0 aliphatic heterocycles. The molecule has 1 nitrogen and oxygen atoms in total. The molecule has 0 bridgehead atoms. The molecule has 0 amide bonds. The summed E-state index contributed by atoms with van der Waals surface area (Å²) in [5, 5.41) is 0. The van der Waals surface area contributed by atoms with Gasteiger partial charge in [-0.2, -0.15) is 13.5 Å². The Balaban J connectivity index is 0.00000121. The lowest BCUT2D eigenvalue weighted by atomic mass is 9.84. The number of rotatable bonds is 0. The molecule has 0 aromatic heterocycles. The van der Waals surface area contributed by atoms with E-state index in [1.807, 2.05) is 13.8 Å². The van der Waals surface area contributed by atoms with Gasteiger partial charge in [-0.3, -0.25) is 4.79 Å². The highest BCUT2D eigenvalue weighted by Gasteiger charge is 2.20. The van der Waals surface area contributed by atoms with Crippen LogP contribution >= 0.6 is 13.5 Å². The standard InChI is InChI=1S/C10H16O.H2S/c1-7(2)9-5-4-8(3)6-10(9)11;/h8H,4-6H2,1-3H3;1H2/t8-;/m1./s1. The van der Waals surface area contributed by atoms with E-state index in [2.05, 4.69) is 6.92 Å². The minimum Gasteiger partial charge on any atom is -0.295 e. The Hall–Kier alpha value is -0.240. The smallest absolute Gasteiger partial charge is 0.159 e. The number of allylic oxidation sites excluding steroid dienone is 2. The molecule has 0 spiro atoms. The molecule has 0 aromatic rings. The molecule has 0 radical (unpaired) electrons. The van der Waals surface area contributed by atoms with Crippen molar-refractivity contribution in [3.05, 3.63) is 11.1 Å². The van der Waals surface area contributed by atoms with E-state index in [1.54, 1.807) is 0 Å². The van der Waals surface area contributed by atoms with Crippen LogP contribution in [0.5, 0.6) is 0 Å². The van der Waals surface area contributed by atoms with Gasteiger partial charge in [0.1, 0.15) is 0 Å². The zero-order valence-corrected chi connectivity index (χ0v) is 9.11. The van der Waals surface area contributed by atoms with Crippen molar-refractivity contribution in [2.75, 3.05) is 0 Å². The van der Waals surface area contributed by atoms with Gasteiger partial charge in [0.25, 0.3) is 0 Å². The van der Waals surface area contributed by atoms with Crippen molar-refractivity contribution in [3.63, 3.8) is 0 Å². The molecule has 1 aliphatic rings. The molecule has 2 heteroatoms. The third-order valence-corrected chi connectivity index (χ3v) is 2.36. The molecule has 0 heterocycles. The van der Waals surface area contributed by atoms with Crippen LogP contribution in [-0.2, 0) is 4.79 Å². The van der Waals surface area contributed by atoms with Crippen LogP contribution in [0.2, 0.25) is 0 Å².